The molecule has 0 aliphatic carbocycles. The van der Waals surface area contributed by atoms with Gasteiger partial charge in [0.2, 0.25) is 0 Å². The molecule has 100 valence electrons. The van der Waals surface area contributed by atoms with E-state index in [-0.39, 0.29) is 12.2 Å². The number of benzene rings is 1. The quantitative estimate of drug-likeness (QED) is 0.880. The summed E-state index contributed by atoms with van der Waals surface area (Å²) in [6.07, 6.45) is 0. The van der Waals surface area contributed by atoms with Gasteiger partial charge in [-0.15, -0.1) is 11.3 Å². The van der Waals surface area contributed by atoms with Gasteiger partial charge in [-0.05, 0) is 25.1 Å². The number of thiazole rings is 1. The maximum Gasteiger partial charge on any atom is 0.339 e. The lowest BCUT2D eigenvalue weighted by molar-refractivity contribution is 0.0691. The maximum atomic E-state index is 11.2. The summed E-state index contributed by atoms with van der Waals surface area (Å²) in [6.45, 7) is 2.57. The van der Waals surface area contributed by atoms with E-state index in [0.29, 0.717) is 18.1 Å². The maximum absolute atomic E-state index is 11.2. The minimum Gasteiger partial charge on any atom is -0.494 e. The molecule has 1 aromatic heterocycles. The fraction of sp³-hybridized carbons (Fsp3) is 0.231. The highest BCUT2D eigenvalue weighted by Gasteiger charge is 2.13. The molecule has 2 aromatic rings. The predicted molar refractivity (Wildman–Crippen MR) is 71.0 cm³/mol. The highest BCUT2D eigenvalue weighted by atomic mass is 32.1. The average molecular weight is 279 g/mol. The van der Waals surface area contributed by atoms with Gasteiger partial charge < -0.3 is 14.6 Å². The van der Waals surface area contributed by atoms with Crippen molar-refractivity contribution in [3.63, 3.8) is 0 Å². The second-order valence-electron chi connectivity index (χ2n) is 3.66. The van der Waals surface area contributed by atoms with E-state index in [0.717, 1.165) is 5.69 Å². The zero-order chi connectivity index (χ0) is 13.7. The van der Waals surface area contributed by atoms with E-state index in [1.807, 2.05) is 12.3 Å². The van der Waals surface area contributed by atoms with Gasteiger partial charge in [0.25, 0.3) is 0 Å². The zero-order valence-electron chi connectivity index (χ0n) is 10.3. The molecule has 0 radical (unpaired) electrons. The fourth-order valence-electron chi connectivity index (χ4n) is 1.52. The molecule has 0 unspecified atom stereocenters. The molecule has 0 fully saturated rings. The number of nitrogens with zero attached hydrogens (tertiary/aromatic N) is 1. The molecule has 1 aromatic carbocycles. The molecule has 5 nitrogen and oxygen atoms in total. The van der Waals surface area contributed by atoms with Crippen LogP contribution in [0.3, 0.4) is 0 Å². The number of ether oxygens (including phenoxy) is 2. The van der Waals surface area contributed by atoms with Crippen LogP contribution in [0.4, 0.5) is 0 Å². The summed E-state index contributed by atoms with van der Waals surface area (Å²) < 4.78 is 10.8. The standard InChI is InChI=1S/C13H13NO4S/c1-2-17-10-3-4-12(11(5-10)13(15)16)18-6-9-7-19-8-14-9/h3-5,7-8H,2,6H2,1H3,(H,15,16). The zero-order valence-corrected chi connectivity index (χ0v) is 11.1. The highest BCUT2D eigenvalue weighted by Crippen LogP contribution is 2.25. The Hall–Kier alpha value is -2.08. The van der Waals surface area contributed by atoms with Crippen molar-refractivity contribution in [1.82, 2.24) is 4.98 Å². The second-order valence-corrected chi connectivity index (χ2v) is 4.38. The van der Waals surface area contributed by atoms with E-state index in [4.69, 9.17) is 14.6 Å². The number of hydrogen-bond acceptors (Lipinski definition) is 5. The van der Waals surface area contributed by atoms with Crippen molar-refractivity contribution in [2.45, 2.75) is 13.5 Å². The fourth-order valence-corrected chi connectivity index (χ4v) is 2.06. The number of aromatic nitrogens is 1. The minimum absolute atomic E-state index is 0.0844. The first kappa shape index (κ1) is 13.4. The summed E-state index contributed by atoms with van der Waals surface area (Å²) in [6, 6.07) is 4.75. The van der Waals surface area contributed by atoms with E-state index in [9.17, 15) is 4.79 Å². The third-order valence-electron chi connectivity index (χ3n) is 2.35. The highest BCUT2D eigenvalue weighted by molar-refractivity contribution is 7.07. The van der Waals surface area contributed by atoms with Crippen molar-refractivity contribution >= 4 is 17.3 Å². The first-order valence-corrected chi connectivity index (χ1v) is 6.65. The molecule has 0 spiro atoms. The van der Waals surface area contributed by atoms with Crippen LogP contribution in [0.15, 0.2) is 29.1 Å². The van der Waals surface area contributed by atoms with Gasteiger partial charge in [0.1, 0.15) is 23.7 Å². The smallest absolute Gasteiger partial charge is 0.339 e. The van der Waals surface area contributed by atoms with E-state index in [1.54, 1.807) is 17.6 Å². The Bertz CT molecular complexity index is 554. The third-order valence-corrected chi connectivity index (χ3v) is 2.99. The number of carboxylic acids is 1. The van der Waals surface area contributed by atoms with Crippen LogP contribution in [0.25, 0.3) is 0 Å². The molecule has 2 rings (SSSR count). The van der Waals surface area contributed by atoms with E-state index in [2.05, 4.69) is 4.98 Å². The first-order chi connectivity index (χ1) is 9.20. The van der Waals surface area contributed by atoms with Crippen molar-refractivity contribution in [3.05, 3.63) is 40.3 Å². The molecule has 0 aliphatic heterocycles. The van der Waals surface area contributed by atoms with Crippen LogP contribution in [0, 0.1) is 0 Å². The summed E-state index contributed by atoms with van der Waals surface area (Å²) in [7, 11) is 0. The normalized spacial score (nSPS) is 10.2. The SMILES string of the molecule is CCOc1ccc(OCc2cscn2)c(C(=O)O)c1. The molecular weight excluding hydrogens is 266 g/mol. The Labute approximate surface area is 114 Å². The van der Waals surface area contributed by atoms with Crippen molar-refractivity contribution < 1.29 is 19.4 Å². The molecule has 1 heterocycles. The number of rotatable bonds is 6. The summed E-state index contributed by atoms with van der Waals surface area (Å²) in [4.78, 5) is 15.3. The second kappa shape index (κ2) is 6.19. The lowest BCUT2D eigenvalue weighted by Crippen LogP contribution is -2.04. The van der Waals surface area contributed by atoms with Crippen molar-refractivity contribution in [3.8, 4) is 11.5 Å². The molecule has 6 heteroatoms. The van der Waals surface area contributed by atoms with Gasteiger partial charge in [-0.3, -0.25) is 0 Å². The summed E-state index contributed by atoms with van der Waals surface area (Å²) in [5, 5.41) is 11.0. The van der Waals surface area contributed by atoms with Gasteiger partial charge in [-0.1, -0.05) is 0 Å². The average Bonchev–Trinajstić information content (AvgIpc) is 2.90. The molecule has 0 saturated carbocycles. The Morgan fingerprint density at radius 3 is 2.89 bits per heavy atom. The summed E-state index contributed by atoms with van der Waals surface area (Å²) >= 11 is 1.47. The summed E-state index contributed by atoms with van der Waals surface area (Å²) in [5.74, 6) is -0.223. The van der Waals surface area contributed by atoms with Crippen molar-refractivity contribution in [1.29, 1.82) is 0 Å². The summed E-state index contributed by atoms with van der Waals surface area (Å²) in [5.41, 5.74) is 2.56. The van der Waals surface area contributed by atoms with Crippen LogP contribution >= 0.6 is 11.3 Å². The molecule has 0 aliphatic rings. The van der Waals surface area contributed by atoms with Crippen LogP contribution in [0.1, 0.15) is 23.0 Å². The van der Waals surface area contributed by atoms with Gasteiger partial charge in [0.05, 0.1) is 17.8 Å². The van der Waals surface area contributed by atoms with Gasteiger partial charge in [-0.25, -0.2) is 9.78 Å². The van der Waals surface area contributed by atoms with Gasteiger partial charge in [0.15, 0.2) is 0 Å². The molecule has 0 bridgehead atoms. The monoisotopic (exact) mass is 279 g/mol. The number of carbonyl (C=O) groups is 1. The van der Waals surface area contributed by atoms with Gasteiger partial charge >= 0.3 is 5.97 Å². The molecule has 1 N–H and O–H groups in total. The van der Waals surface area contributed by atoms with Crippen LogP contribution in [-0.4, -0.2) is 22.7 Å². The number of aromatic carboxylic acids is 1. The van der Waals surface area contributed by atoms with E-state index >= 15 is 0 Å². The molecule has 0 atom stereocenters. The topological polar surface area (TPSA) is 68.7 Å². The minimum atomic E-state index is -1.05. The van der Waals surface area contributed by atoms with Crippen LogP contribution in [0.5, 0.6) is 11.5 Å². The molecule has 0 saturated heterocycles. The van der Waals surface area contributed by atoms with E-state index < -0.39 is 5.97 Å². The largest absolute Gasteiger partial charge is 0.494 e. The van der Waals surface area contributed by atoms with Gasteiger partial charge in [-0.2, -0.15) is 0 Å². The molecule has 0 amide bonds. The van der Waals surface area contributed by atoms with Crippen molar-refractivity contribution in [2.24, 2.45) is 0 Å². The Morgan fingerprint density at radius 2 is 2.26 bits per heavy atom. The van der Waals surface area contributed by atoms with Crippen LogP contribution in [-0.2, 0) is 6.61 Å². The predicted octanol–water partition coefficient (Wildman–Crippen LogP) is 2.82. The van der Waals surface area contributed by atoms with Crippen molar-refractivity contribution in [2.75, 3.05) is 6.61 Å². The molecular formula is C13H13NO4S. The van der Waals surface area contributed by atoms with Crippen LogP contribution in [0.2, 0.25) is 0 Å². The third kappa shape index (κ3) is 3.45. The number of hydrogen-bond donors (Lipinski definition) is 1. The lowest BCUT2D eigenvalue weighted by Gasteiger charge is -2.10. The van der Waals surface area contributed by atoms with E-state index in [1.165, 1.54) is 17.4 Å². The molecule has 19 heavy (non-hydrogen) atoms. The number of carboxylic acid groups (broad SMARTS) is 1. The Morgan fingerprint density at radius 1 is 1.42 bits per heavy atom. The van der Waals surface area contributed by atoms with Crippen LogP contribution < -0.4 is 9.47 Å². The Kier molecular flexibility index (Phi) is 4.35. The van der Waals surface area contributed by atoms with Gasteiger partial charge in [0, 0.05) is 5.38 Å². The lowest BCUT2D eigenvalue weighted by atomic mass is 10.2. The first-order valence-electron chi connectivity index (χ1n) is 5.70. The Balaban J connectivity index is 2.16.